The second-order valence-corrected chi connectivity index (χ2v) is 4.52. The number of nitrogens with zero attached hydrogens (tertiary/aromatic N) is 1. The zero-order valence-electron chi connectivity index (χ0n) is 11.7. The van der Waals surface area contributed by atoms with Crippen molar-refractivity contribution in [3.63, 3.8) is 0 Å². The summed E-state index contributed by atoms with van der Waals surface area (Å²) < 4.78 is 5.47. The van der Waals surface area contributed by atoms with E-state index >= 15 is 0 Å². The highest BCUT2D eigenvalue weighted by molar-refractivity contribution is 5.26. The van der Waals surface area contributed by atoms with E-state index in [0.717, 1.165) is 18.8 Å². The lowest BCUT2D eigenvalue weighted by Gasteiger charge is -2.10. The molecule has 4 heteroatoms. The summed E-state index contributed by atoms with van der Waals surface area (Å²) in [6, 6.07) is 11.7. The summed E-state index contributed by atoms with van der Waals surface area (Å²) >= 11 is 0. The maximum atomic E-state index is 9.18. The molecule has 0 atom stereocenters. The highest BCUT2D eigenvalue weighted by Gasteiger charge is 2.02. The first-order valence-corrected chi connectivity index (χ1v) is 6.78. The largest absolute Gasteiger partial charge is 0.506 e. The molecule has 0 fully saturated rings. The lowest BCUT2D eigenvalue weighted by atomic mass is 10.1. The average molecular weight is 272 g/mol. The van der Waals surface area contributed by atoms with Gasteiger partial charge in [-0.1, -0.05) is 24.3 Å². The van der Waals surface area contributed by atoms with Crippen molar-refractivity contribution in [3.8, 4) is 5.75 Å². The Hall–Kier alpha value is -1.91. The van der Waals surface area contributed by atoms with Crippen molar-refractivity contribution < 1.29 is 9.84 Å². The van der Waals surface area contributed by atoms with Crippen molar-refractivity contribution in [1.82, 2.24) is 10.3 Å². The number of hydrogen-bond acceptors (Lipinski definition) is 4. The third-order valence-corrected chi connectivity index (χ3v) is 3.01. The first-order valence-electron chi connectivity index (χ1n) is 6.78. The lowest BCUT2D eigenvalue weighted by molar-refractivity contribution is 0.133. The van der Waals surface area contributed by atoms with Gasteiger partial charge in [-0.3, -0.25) is 4.98 Å². The Morgan fingerprint density at radius 1 is 1.10 bits per heavy atom. The van der Waals surface area contributed by atoms with Gasteiger partial charge in [0.2, 0.25) is 0 Å². The van der Waals surface area contributed by atoms with E-state index in [2.05, 4.69) is 22.4 Å². The minimum atomic E-state index is 0.191. The van der Waals surface area contributed by atoms with Crippen LogP contribution in [0.2, 0.25) is 0 Å². The standard InChI is InChI=1S/C16H20N2O2/c1-2-20-12-14-6-4-3-5-13(14)9-17-10-15-7-8-16(19)11-18-15/h3-8,11,17,19H,2,9-10,12H2,1H3. The molecule has 0 radical (unpaired) electrons. The maximum absolute atomic E-state index is 9.18. The van der Waals surface area contributed by atoms with E-state index < -0.39 is 0 Å². The summed E-state index contributed by atoms with van der Waals surface area (Å²) in [5.41, 5.74) is 3.35. The summed E-state index contributed by atoms with van der Waals surface area (Å²) in [5, 5.41) is 12.5. The molecule has 1 aromatic heterocycles. The Balaban J connectivity index is 1.88. The van der Waals surface area contributed by atoms with Crippen LogP contribution in [0.5, 0.6) is 5.75 Å². The van der Waals surface area contributed by atoms with Gasteiger partial charge in [-0.15, -0.1) is 0 Å². The van der Waals surface area contributed by atoms with E-state index in [9.17, 15) is 5.11 Å². The van der Waals surface area contributed by atoms with Gasteiger partial charge in [0.1, 0.15) is 5.75 Å². The highest BCUT2D eigenvalue weighted by Crippen LogP contribution is 2.11. The summed E-state index contributed by atoms with van der Waals surface area (Å²) in [4.78, 5) is 4.14. The molecule has 2 rings (SSSR count). The zero-order valence-corrected chi connectivity index (χ0v) is 11.7. The molecule has 0 unspecified atom stereocenters. The van der Waals surface area contributed by atoms with Crippen LogP contribution in [-0.2, 0) is 24.4 Å². The van der Waals surface area contributed by atoms with Crippen molar-refractivity contribution in [2.24, 2.45) is 0 Å². The Morgan fingerprint density at radius 3 is 2.60 bits per heavy atom. The maximum Gasteiger partial charge on any atom is 0.133 e. The van der Waals surface area contributed by atoms with E-state index in [1.165, 1.54) is 17.3 Å². The van der Waals surface area contributed by atoms with Crippen LogP contribution in [0.4, 0.5) is 0 Å². The topological polar surface area (TPSA) is 54.4 Å². The number of hydrogen-bond donors (Lipinski definition) is 2. The second-order valence-electron chi connectivity index (χ2n) is 4.52. The smallest absolute Gasteiger partial charge is 0.133 e. The Morgan fingerprint density at radius 2 is 1.90 bits per heavy atom. The van der Waals surface area contributed by atoms with Crippen LogP contribution in [0.25, 0.3) is 0 Å². The van der Waals surface area contributed by atoms with Gasteiger partial charge in [0.05, 0.1) is 18.5 Å². The molecule has 20 heavy (non-hydrogen) atoms. The summed E-state index contributed by atoms with van der Waals surface area (Å²) in [6.45, 7) is 4.80. The zero-order chi connectivity index (χ0) is 14.2. The SMILES string of the molecule is CCOCc1ccccc1CNCc1ccc(O)cn1. The molecule has 0 amide bonds. The van der Waals surface area contributed by atoms with E-state index in [1.54, 1.807) is 6.07 Å². The number of aromatic nitrogens is 1. The van der Waals surface area contributed by atoms with Crippen molar-refractivity contribution in [3.05, 3.63) is 59.4 Å². The van der Waals surface area contributed by atoms with Gasteiger partial charge in [0.25, 0.3) is 0 Å². The molecule has 106 valence electrons. The monoisotopic (exact) mass is 272 g/mol. The predicted octanol–water partition coefficient (Wildman–Crippen LogP) is 2.61. The predicted molar refractivity (Wildman–Crippen MR) is 78.2 cm³/mol. The average Bonchev–Trinajstić information content (AvgIpc) is 2.48. The number of benzene rings is 1. The number of ether oxygens (including phenoxy) is 1. The molecule has 1 heterocycles. The summed E-state index contributed by atoms with van der Waals surface area (Å²) in [7, 11) is 0. The molecule has 0 saturated carbocycles. The Labute approximate surface area is 119 Å². The van der Waals surface area contributed by atoms with Gasteiger partial charge in [-0.25, -0.2) is 0 Å². The number of pyridine rings is 1. The number of nitrogens with one attached hydrogen (secondary N) is 1. The second kappa shape index (κ2) is 7.62. The molecule has 0 spiro atoms. The number of rotatable bonds is 7. The van der Waals surface area contributed by atoms with Crippen LogP contribution in [0.1, 0.15) is 23.7 Å². The third-order valence-electron chi connectivity index (χ3n) is 3.01. The Kier molecular flexibility index (Phi) is 5.53. The molecular formula is C16H20N2O2. The minimum Gasteiger partial charge on any atom is -0.506 e. The van der Waals surface area contributed by atoms with Gasteiger partial charge in [-0.2, -0.15) is 0 Å². The van der Waals surface area contributed by atoms with Crippen LogP contribution in [0, 0.1) is 0 Å². The Bertz CT molecular complexity index is 526. The van der Waals surface area contributed by atoms with E-state index in [0.29, 0.717) is 13.2 Å². The molecule has 1 aromatic carbocycles. The normalized spacial score (nSPS) is 10.7. The van der Waals surface area contributed by atoms with Crippen LogP contribution >= 0.6 is 0 Å². The number of aromatic hydroxyl groups is 1. The first kappa shape index (κ1) is 14.5. The molecule has 0 aliphatic heterocycles. The van der Waals surface area contributed by atoms with Crippen molar-refractivity contribution in [2.45, 2.75) is 26.6 Å². The fourth-order valence-electron chi connectivity index (χ4n) is 1.93. The quantitative estimate of drug-likeness (QED) is 0.813. The van der Waals surface area contributed by atoms with E-state index in [-0.39, 0.29) is 5.75 Å². The van der Waals surface area contributed by atoms with Gasteiger partial charge >= 0.3 is 0 Å². The van der Waals surface area contributed by atoms with Crippen LogP contribution in [0.3, 0.4) is 0 Å². The fraction of sp³-hybridized carbons (Fsp3) is 0.312. The van der Waals surface area contributed by atoms with Crippen LogP contribution in [0.15, 0.2) is 42.6 Å². The van der Waals surface area contributed by atoms with E-state index in [4.69, 9.17) is 4.74 Å². The molecule has 0 aliphatic rings. The molecule has 0 saturated heterocycles. The van der Waals surface area contributed by atoms with Crippen LogP contribution < -0.4 is 5.32 Å². The molecule has 0 bridgehead atoms. The van der Waals surface area contributed by atoms with Crippen LogP contribution in [-0.4, -0.2) is 16.7 Å². The van der Waals surface area contributed by atoms with E-state index in [1.807, 2.05) is 25.1 Å². The molecule has 4 nitrogen and oxygen atoms in total. The minimum absolute atomic E-state index is 0.191. The highest BCUT2D eigenvalue weighted by atomic mass is 16.5. The molecule has 2 aromatic rings. The summed E-state index contributed by atoms with van der Waals surface area (Å²) in [6.07, 6.45) is 1.46. The van der Waals surface area contributed by atoms with Gasteiger partial charge < -0.3 is 15.2 Å². The van der Waals surface area contributed by atoms with Gasteiger partial charge in [0.15, 0.2) is 0 Å². The molecule has 2 N–H and O–H groups in total. The summed E-state index contributed by atoms with van der Waals surface area (Å²) in [5.74, 6) is 0.191. The van der Waals surface area contributed by atoms with Crippen molar-refractivity contribution in [1.29, 1.82) is 0 Å². The van der Waals surface area contributed by atoms with Crippen molar-refractivity contribution >= 4 is 0 Å². The fourth-order valence-corrected chi connectivity index (χ4v) is 1.93. The third kappa shape index (κ3) is 4.33. The molecule has 0 aliphatic carbocycles. The molecular weight excluding hydrogens is 252 g/mol. The van der Waals surface area contributed by atoms with Gasteiger partial charge in [0, 0.05) is 19.7 Å². The first-order chi connectivity index (χ1) is 9.79. The van der Waals surface area contributed by atoms with Gasteiger partial charge in [-0.05, 0) is 30.2 Å². The van der Waals surface area contributed by atoms with Crippen molar-refractivity contribution in [2.75, 3.05) is 6.61 Å². The lowest BCUT2D eigenvalue weighted by Crippen LogP contribution is -2.15.